The Balaban J connectivity index is 1.61. The average molecular weight is 382 g/mol. The number of anilines is 1. The van der Waals surface area contributed by atoms with Gasteiger partial charge in [-0.3, -0.25) is 0 Å². The van der Waals surface area contributed by atoms with Crippen molar-refractivity contribution >= 4 is 39.6 Å². The van der Waals surface area contributed by atoms with Gasteiger partial charge in [-0.2, -0.15) is 0 Å². The highest BCUT2D eigenvalue weighted by atomic mass is 32.1. The summed E-state index contributed by atoms with van der Waals surface area (Å²) in [5, 5.41) is 8.12. The molecule has 7 heteroatoms. The van der Waals surface area contributed by atoms with Crippen molar-refractivity contribution in [3.8, 4) is 0 Å². The van der Waals surface area contributed by atoms with Crippen LogP contribution in [-0.4, -0.2) is 48.3 Å². The molecule has 0 radical (unpaired) electrons. The fourth-order valence-electron chi connectivity index (χ4n) is 3.70. The van der Waals surface area contributed by atoms with E-state index in [2.05, 4.69) is 29.4 Å². The van der Waals surface area contributed by atoms with E-state index in [4.69, 9.17) is 17.0 Å². The molecule has 0 spiro atoms. The lowest BCUT2D eigenvalue weighted by atomic mass is 10.0. The van der Waals surface area contributed by atoms with E-state index >= 15 is 0 Å². The number of fused-ring (bicyclic) bond motifs is 1. The molecule has 0 saturated carbocycles. The third-order valence-electron chi connectivity index (χ3n) is 5.13. The van der Waals surface area contributed by atoms with Gasteiger partial charge >= 0.3 is 5.97 Å². The van der Waals surface area contributed by atoms with Gasteiger partial charge in [0.05, 0.1) is 12.7 Å². The topological polar surface area (TPSA) is 53.6 Å². The minimum absolute atomic E-state index is 0.269. The van der Waals surface area contributed by atoms with Gasteiger partial charge in [-0.15, -0.1) is 11.3 Å². The normalized spacial score (nSPS) is 18.2. The summed E-state index contributed by atoms with van der Waals surface area (Å²) in [6.45, 7) is 6.67. The van der Waals surface area contributed by atoms with E-state index in [1.54, 1.807) is 11.3 Å². The van der Waals surface area contributed by atoms with Crippen molar-refractivity contribution < 1.29 is 9.53 Å². The Hall–Kier alpha value is -1.18. The highest BCUT2D eigenvalue weighted by Crippen LogP contribution is 2.39. The Morgan fingerprint density at radius 1 is 1.32 bits per heavy atom. The minimum Gasteiger partial charge on any atom is -0.465 e. The second-order valence-corrected chi connectivity index (χ2v) is 8.57. The van der Waals surface area contributed by atoms with Crippen LogP contribution in [0.4, 0.5) is 5.00 Å². The zero-order chi connectivity index (χ0) is 18.0. The van der Waals surface area contributed by atoms with Gasteiger partial charge in [0, 0.05) is 30.1 Å². The first-order valence-corrected chi connectivity index (χ1v) is 10.3. The lowest BCUT2D eigenvalue weighted by molar-refractivity contribution is 0.0601. The number of nitrogens with one attached hydrogen (secondary N) is 2. The van der Waals surface area contributed by atoms with Crippen LogP contribution in [0.15, 0.2) is 0 Å². The van der Waals surface area contributed by atoms with Crippen LogP contribution < -0.4 is 10.6 Å². The summed E-state index contributed by atoms with van der Waals surface area (Å²) in [5.41, 5.74) is 1.83. The predicted molar refractivity (Wildman–Crippen MR) is 107 cm³/mol. The van der Waals surface area contributed by atoms with E-state index < -0.39 is 0 Å². The molecule has 2 heterocycles. The molecule has 2 N–H and O–H groups in total. The standard InChI is InChI=1S/C18H27N3O2S2/c1-11(2)21-9-7-12(8-10-21)19-18(24)20-16-15(17(22)23-3)13-5-4-6-14(13)25-16/h11-12H,4-10H2,1-3H3,(H2,19,20,24). The number of esters is 1. The van der Waals surface area contributed by atoms with Gasteiger partial charge in [-0.1, -0.05) is 0 Å². The van der Waals surface area contributed by atoms with E-state index in [1.807, 2.05) is 0 Å². The largest absolute Gasteiger partial charge is 0.465 e. The number of piperidine rings is 1. The summed E-state index contributed by atoms with van der Waals surface area (Å²) < 4.78 is 4.98. The highest BCUT2D eigenvalue weighted by Gasteiger charge is 2.28. The monoisotopic (exact) mass is 381 g/mol. The lowest BCUT2D eigenvalue weighted by Crippen LogP contribution is -2.47. The molecule has 0 aromatic carbocycles. The predicted octanol–water partition coefficient (Wildman–Crippen LogP) is 3.18. The summed E-state index contributed by atoms with van der Waals surface area (Å²) in [7, 11) is 1.43. The molecule has 0 unspecified atom stereocenters. The summed E-state index contributed by atoms with van der Waals surface area (Å²) in [4.78, 5) is 16.0. The molecule has 1 aromatic heterocycles. The number of thiophene rings is 1. The molecule has 1 fully saturated rings. The first-order valence-electron chi connectivity index (χ1n) is 9.04. The van der Waals surface area contributed by atoms with E-state index in [-0.39, 0.29) is 5.97 Å². The van der Waals surface area contributed by atoms with Gasteiger partial charge in [0.25, 0.3) is 0 Å². The zero-order valence-corrected chi connectivity index (χ0v) is 16.8. The number of rotatable bonds is 4. The van der Waals surface area contributed by atoms with Crippen LogP contribution in [0, 0.1) is 0 Å². The number of aryl methyl sites for hydroxylation is 1. The van der Waals surface area contributed by atoms with Gasteiger partial charge in [0.15, 0.2) is 5.11 Å². The summed E-state index contributed by atoms with van der Waals surface area (Å²) >= 11 is 7.15. The number of hydrogen-bond acceptors (Lipinski definition) is 5. The van der Waals surface area contributed by atoms with Gasteiger partial charge in [0.1, 0.15) is 5.00 Å². The average Bonchev–Trinajstić information content (AvgIpc) is 3.15. The van der Waals surface area contributed by atoms with Crippen LogP contribution in [0.3, 0.4) is 0 Å². The van der Waals surface area contributed by atoms with Crippen LogP contribution >= 0.6 is 23.6 Å². The molecule has 1 aliphatic carbocycles. The molecule has 3 rings (SSSR count). The number of nitrogens with zero attached hydrogens (tertiary/aromatic N) is 1. The molecule has 25 heavy (non-hydrogen) atoms. The van der Waals surface area contributed by atoms with Crippen molar-refractivity contribution in [2.45, 2.75) is 58.0 Å². The van der Waals surface area contributed by atoms with Gasteiger partial charge in [0.2, 0.25) is 0 Å². The van der Waals surface area contributed by atoms with Crippen LogP contribution in [-0.2, 0) is 17.6 Å². The third kappa shape index (κ3) is 4.15. The number of methoxy groups -OCH3 is 1. The van der Waals surface area contributed by atoms with E-state index in [9.17, 15) is 4.79 Å². The van der Waals surface area contributed by atoms with Crippen LogP contribution in [0.25, 0.3) is 0 Å². The summed E-state index contributed by atoms with van der Waals surface area (Å²) in [6, 6.07) is 0.991. The number of carbonyl (C=O) groups excluding carboxylic acids is 1. The number of carbonyl (C=O) groups is 1. The number of hydrogen-bond donors (Lipinski definition) is 2. The van der Waals surface area contributed by atoms with Gasteiger partial charge in [-0.05, 0) is 63.7 Å². The molecule has 5 nitrogen and oxygen atoms in total. The maximum absolute atomic E-state index is 12.2. The van der Waals surface area contributed by atoms with Crippen molar-refractivity contribution in [2.75, 3.05) is 25.5 Å². The molecular formula is C18H27N3O2S2. The Morgan fingerprint density at radius 2 is 2.04 bits per heavy atom. The SMILES string of the molecule is COC(=O)c1c(NC(=S)NC2CCN(C(C)C)CC2)sc2c1CCC2. The maximum atomic E-state index is 12.2. The number of ether oxygens (including phenoxy) is 1. The van der Waals surface area contributed by atoms with E-state index in [0.29, 0.717) is 22.8 Å². The Morgan fingerprint density at radius 3 is 2.68 bits per heavy atom. The molecule has 0 amide bonds. The summed E-state index contributed by atoms with van der Waals surface area (Å²) in [5.74, 6) is -0.269. The first-order chi connectivity index (χ1) is 12.0. The van der Waals surface area contributed by atoms with Gasteiger partial charge < -0.3 is 20.3 Å². The van der Waals surface area contributed by atoms with Crippen molar-refractivity contribution in [3.05, 3.63) is 16.0 Å². The van der Waals surface area contributed by atoms with Crippen molar-refractivity contribution in [3.63, 3.8) is 0 Å². The van der Waals surface area contributed by atoms with Crippen LogP contribution in [0.1, 0.15) is 53.9 Å². The minimum atomic E-state index is -0.269. The Bertz CT molecular complexity index is 649. The van der Waals surface area contributed by atoms with Crippen molar-refractivity contribution in [1.29, 1.82) is 0 Å². The zero-order valence-electron chi connectivity index (χ0n) is 15.2. The van der Waals surface area contributed by atoms with Crippen LogP contribution in [0.2, 0.25) is 0 Å². The van der Waals surface area contributed by atoms with Gasteiger partial charge in [-0.25, -0.2) is 4.79 Å². The molecular weight excluding hydrogens is 354 g/mol. The maximum Gasteiger partial charge on any atom is 0.341 e. The second kappa shape index (κ2) is 8.01. The quantitative estimate of drug-likeness (QED) is 0.617. The fraction of sp³-hybridized carbons (Fsp3) is 0.667. The Labute approximate surface area is 159 Å². The number of thiocarbonyl (C=S) groups is 1. The fourth-order valence-corrected chi connectivity index (χ4v) is 5.31. The smallest absolute Gasteiger partial charge is 0.341 e. The second-order valence-electron chi connectivity index (χ2n) is 7.06. The van der Waals surface area contributed by atoms with E-state index in [1.165, 1.54) is 12.0 Å². The van der Waals surface area contributed by atoms with E-state index in [0.717, 1.165) is 55.8 Å². The lowest BCUT2D eigenvalue weighted by Gasteiger charge is -2.35. The third-order valence-corrected chi connectivity index (χ3v) is 6.56. The van der Waals surface area contributed by atoms with Crippen molar-refractivity contribution in [1.82, 2.24) is 10.2 Å². The summed E-state index contributed by atoms with van der Waals surface area (Å²) in [6.07, 6.45) is 5.28. The molecule has 138 valence electrons. The van der Waals surface area contributed by atoms with Crippen LogP contribution in [0.5, 0.6) is 0 Å². The van der Waals surface area contributed by atoms with Crippen molar-refractivity contribution in [2.24, 2.45) is 0 Å². The highest BCUT2D eigenvalue weighted by molar-refractivity contribution is 7.80. The molecule has 0 atom stereocenters. The Kier molecular flexibility index (Phi) is 5.96. The first kappa shape index (κ1) is 18.6. The molecule has 1 aliphatic heterocycles. The number of likely N-dealkylation sites (tertiary alicyclic amines) is 1. The molecule has 1 saturated heterocycles. The molecule has 1 aromatic rings. The molecule has 2 aliphatic rings. The molecule has 0 bridgehead atoms.